The lowest BCUT2D eigenvalue weighted by Gasteiger charge is -2.16. The van der Waals surface area contributed by atoms with Crippen LogP contribution in [0.25, 0.3) is 0 Å². The van der Waals surface area contributed by atoms with Crippen molar-refractivity contribution >= 4 is 39.1 Å². The van der Waals surface area contributed by atoms with Gasteiger partial charge in [0.15, 0.2) is 0 Å². The van der Waals surface area contributed by atoms with E-state index >= 15 is 0 Å². The fourth-order valence-corrected chi connectivity index (χ4v) is 2.85. The summed E-state index contributed by atoms with van der Waals surface area (Å²) in [7, 11) is 1.67. The highest BCUT2D eigenvalue weighted by atomic mass is 79.9. The summed E-state index contributed by atoms with van der Waals surface area (Å²) < 4.78 is 5.41. The lowest BCUT2D eigenvalue weighted by Crippen LogP contribution is -1.98. The van der Waals surface area contributed by atoms with Gasteiger partial charge >= 0.3 is 0 Å². The Kier molecular flexibility index (Phi) is 4.77. The first kappa shape index (κ1) is 14.7. The molecule has 2 aromatic rings. The quantitative estimate of drug-likeness (QED) is 0.629. The molecular weight excluding hydrogens is 347 g/mol. The van der Waals surface area contributed by atoms with Gasteiger partial charge in [0.2, 0.25) is 0 Å². The molecule has 0 aromatic heterocycles. The smallest absolute Gasteiger partial charge is 0.123 e. The molecule has 1 nitrogen and oxygen atoms in total. The number of aryl methyl sites for hydroxylation is 1. The molecule has 0 aliphatic rings. The zero-order valence-electron chi connectivity index (χ0n) is 10.6. The van der Waals surface area contributed by atoms with Crippen LogP contribution in [0.5, 0.6) is 5.75 Å². The Morgan fingerprint density at radius 3 is 2.42 bits per heavy atom. The molecular formula is C15H13BrCl2O. The summed E-state index contributed by atoms with van der Waals surface area (Å²) in [6.07, 6.45) is 0. The summed E-state index contributed by atoms with van der Waals surface area (Å²) in [5.41, 5.74) is 3.29. The molecule has 0 saturated heterocycles. The summed E-state index contributed by atoms with van der Waals surface area (Å²) in [6, 6.07) is 11.7. The molecule has 1 unspecified atom stereocenters. The van der Waals surface area contributed by atoms with Gasteiger partial charge in [0, 0.05) is 5.56 Å². The molecule has 4 heteroatoms. The van der Waals surface area contributed by atoms with Gasteiger partial charge in [-0.3, -0.25) is 0 Å². The minimum Gasteiger partial charge on any atom is -0.496 e. The van der Waals surface area contributed by atoms with Gasteiger partial charge in [0.05, 0.1) is 22.0 Å². The van der Waals surface area contributed by atoms with Crippen molar-refractivity contribution in [2.75, 3.05) is 7.11 Å². The van der Waals surface area contributed by atoms with Crippen LogP contribution < -0.4 is 4.74 Å². The number of ether oxygens (including phenoxy) is 1. The van der Waals surface area contributed by atoms with Crippen LogP contribution in [0.1, 0.15) is 21.5 Å². The Bertz CT molecular complexity index is 599. The molecule has 0 spiro atoms. The average Bonchev–Trinajstić information content (AvgIpc) is 2.41. The minimum atomic E-state index is 0.0112. The standard InChI is InChI=1S/C15H13BrCl2O/c1-9-3-6-14(19-2)11(7-9)15(16)10-4-5-12(17)13(18)8-10/h3-8,15H,1-2H3. The molecule has 0 bridgehead atoms. The molecule has 2 rings (SSSR count). The van der Waals surface area contributed by atoms with Crippen LogP contribution in [0.4, 0.5) is 0 Å². The van der Waals surface area contributed by atoms with E-state index in [9.17, 15) is 0 Å². The third kappa shape index (κ3) is 3.25. The molecule has 1 atom stereocenters. The van der Waals surface area contributed by atoms with E-state index in [0.29, 0.717) is 10.0 Å². The summed E-state index contributed by atoms with van der Waals surface area (Å²) >= 11 is 15.7. The van der Waals surface area contributed by atoms with E-state index in [1.165, 1.54) is 5.56 Å². The van der Waals surface area contributed by atoms with Crippen LogP contribution in [0.3, 0.4) is 0 Å². The van der Waals surface area contributed by atoms with Crippen molar-refractivity contribution in [3.63, 3.8) is 0 Å². The molecule has 0 heterocycles. The Morgan fingerprint density at radius 2 is 1.79 bits per heavy atom. The maximum atomic E-state index is 6.07. The van der Waals surface area contributed by atoms with Gasteiger partial charge in [-0.05, 0) is 30.7 Å². The van der Waals surface area contributed by atoms with E-state index in [0.717, 1.165) is 16.9 Å². The van der Waals surface area contributed by atoms with Crippen molar-refractivity contribution in [2.45, 2.75) is 11.8 Å². The first-order valence-corrected chi connectivity index (χ1v) is 7.43. The van der Waals surface area contributed by atoms with Gasteiger partial charge in [0.1, 0.15) is 5.75 Å². The SMILES string of the molecule is COc1ccc(C)cc1C(Br)c1ccc(Cl)c(Cl)c1. The Labute approximate surface area is 131 Å². The van der Waals surface area contributed by atoms with Gasteiger partial charge in [-0.25, -0.2) is 0 Å². The van der Waals surface area contributed by atoms with Gasteiger partial charge in [-0.2, -0.15) is 0 Å². The van der Waals surface area contributed by atoms with E-state index in [-0.39, 0.29) is 4.83 Å². The third-order valence-corrected chi connectivity index (χ3v) is 4.66. The number of halogens is 3. The summed E-state index contributed by atoms with van der Waals surface area (Å²) in [6.45, 7) is 2.05. The first-order valence-electron chi connectivity index (χ1n) is 5.76. The molecule has 2 aromatic carbocycles. The van der Waals surface area contributed by atoms with Crippen LogP contribution >= 0.6 is 39.1 Å². The Balaban J connectivity index is 2.45. The lowest BCUT2D eigenvalue weighted by molar-refractivity contribution is 0.410. The van der Waals surface area contributed by atoms with E-state index < -0.39 is 0 Å². The number of hydrogen-bond donors (Lipinski definition) is 0. The van der Waals surface area contributed by atoms with Crippen LogP contribution in [-0.4, -0.2) is 7.11 Å². The topological polar surface area (TPSA) is 9.23 Å². The number of alkyl halides is 1. The number of methoxy groups -OCH3 is 1. The summed E-state index contributed by atoms with van der Waals surface area (Å²) in [4.78, 5) is 0.0112. The zero-order valence-corrected chi connectivity index (χ0v) is 13.7. The Hall–Kier alpha value is -0.700. The van der Waals surface area contributed by atoms with Crippen LogP contribution in [-0.2, 0) is 0 Å². The van der Waals surface area contributed by atoms with Crippen molar-refractivity contribution in [3.05, 3.63) is 63.1 Å². The fraction of sp³-hybridized carbons (Fsp3) is 0.200. The van der Waals surface area contributed by atoms with Gasteiger partial charge in [0.25, 0.3) is 0 Å². The minimum absolute atomic E-state index is 0.0112. The molecule has 0 saturated carbocycles. The highest BCUT2D eigenvalue weighted by Crippen LogP contribution is 2.38. The Morgan fingerprint density at radius 1 is 1.05 bits per heavy atom. The predicted molar refractivity (Wildman–Crippen MR) is 85.0 cm³/mol. The molecule has 19 heavy (non-hydrogen) atoms. The van der Waals surface area contributed by atoms with Crippen molar-refractivity contribution in [1.82, 2.24) is 0 Å². The maximum absolute atomic E-state index is 6.07. The molecule has 0 amide bonds. The normalized spacial score (nSPS) is 12.3. The average molecular weight is 360 g/mol. The van der Waals surface area contributed by atoms with E-state index in [2.05, 4.69) is 28.9 Å². The van der Waals surface area contributed by atoms with E-state index in [4.69, 9.17) is 27.9 Å². The summed E-state index contributed by atoms with van der Waals surface area (Å²) in [5, 5.41) is 1.11. The molecule has 0 aliphatic carbocycles. The number of benzene rings is 2. The monoisotopic (exact) mass is 358 g/mol. The van der Waals surface area contributed by atoms with E-state index in [1.807, 2.05) is 24.3 Å². The second kappa shape index (κ2) is 6.17. The highest BCUT2D eigenvalue weighted by molar-refractivity contribution is 9.09. The first-order chi connectivity index (χ1) is 9.02. The maximum Gasteiger partial charge on any atom is 0.123 e. The predicted octanol–water partition coefficient (Wildman–Crippen LogP) is 5.79. The lowest BCUT2D eigenvalue weighted by atomic mass is 10.0. The van der Waals surface area contributed by atoms with Crippen molar-refractivity contribution < 1.29 is 4.74 Å². The molecule has 100 valence electrons. The zero-order chi connectivity index (χ0) is 14.0. The van der Waals surface area contributed by atoms with Crippen LogP contribution in [0.2, 0.25) is 10.0 Å². The fourth-order valence-electron chi connectivity index (χ4n) is 1.90. The highest BCUT2D eigenvalue weighted by Gasteiger charge is 2.16. The third-order valence-electron chi connectivity index (χ3n) is 2.89. The van der Waals surface area contributed by atoms with Gasteiger partial charge in [-0.1, -0.05) is 62.9 Å². The molecule has 0 radical (unpaired) electrons. The van der Waals surface area contributed by atoms with Gasteiger partial charge < -0.3 is 4.74 Å². The second-order valence-electron chi connectivity index (χ2n) is 4.28. The molecule has 0 N–H and O–H groups in total. The number of hydrogen-bond acceptors (Lipinski definition) is 1. The van der Waals surface area contributed by atoms with Crippen molar-refractivity contribution in [2.24, 2.45) is 0 Å². The van der Waals surface area contributed by atoms with Crippen LogP contribution in [0, 0.1) is 6.92 Å². The van der Waals surface area contributed by atoms with E-state index in [1.54, 1.807) is 13.2 Å². The van der Waals surface area contributed by atoms with Crippen molar-refractivity contribution in [1.29, 1.82) is 0 Å². The molecule has 0 aliphatic heterocycles. The largest absolute Gasteiger partial charge is 0.496 e. The molecule has 0 fully saturated rings. The second-order valence-corrected chi connectivity index (χ2v) is 6.01. The van der Waals surface area contributed by atoms with Crippen molar-refractivity contribution in [3.8, 4) is 5.75 Å². The summed E-state index contributed by atoms with van der Waals surface area (Å²) in [5.74, 6) is 0.846. The number of rotatable bonds is 3. The van der Waals surface area contributed by atoms with Crippen LogP contribution in [0.15, 0.2) is 36.4 Å². The van der Waals surface area contributed by atoms with Gasteiger partial charge in [-0.15, -0.1) is 0 Å².